The molecular formula is C15H13ClFN3O. The monoisotopic (exact) mass is 305 g/mol. The molecule has 4 nitrogen and oxygen atoms in total. The van der Waals surface area contributed by atoms with E-state index in [0.29, 0.717) is 16.5 Å². The van der Waals surface area contributed by atoms with E-state index < -0.39 is 5.82 Å². The van der Waals surface area contributed by atoms with E-state index >= 15 is 0 Å². The van der Waals surface area contributed by atoms with E-state index in [0.717, 1.165) is 12.6 Å². The molecule has 0 spiro atoms. The lowest BCUT2D eigenvalue weighted by atomic mass is 10.2. The first kappa shape index (κ1) is 15.1. The van der Waals surface area contributed by atoms with Gasteiger partial charge in [0.05, 0.1) is 22.3 Å². The van der Waals surface area contributed by atoms with E-state index in [1.165, 1.54) is 12.1 Å². The molecule has 0 amide bonds. The molecule has 1 aromatic carbocycles. The minimum absolute atomic E-state index is 0.0425. The van der Waals surface area contributed by atoms with Crippen LogP contribution in [0.25, 0.3) is 0 Å². The van der Waals surface area contributed by atoms with E-state index in [2.05, 4.69) is 10.3 Å². The first-order valence-electron chi connectivity index (χ1n) is 6.35. The molecule has 0 bridgehead atoms. The first-order chi connectivity index (χ1) is 10.1. The highest BCUT2D eigenvalue weighted by Crippen LogP contribution is 2.22. The number of halogens is 2. The Labute approximate surface area is 127 Å². The smallest absolute Gasteiger partial charge is 0.166 e. The van der Waals surface area contributed by atoms with Crippen molar-refractivity contribution < 1.29 is 9.13 Å². The fraction of sp³-hybridized carbons (Fsp3) is 0.200. The molecule has 2 rings (SSSR count). The van der Waals surface area contributed by atoms with E-state index in [-0.39, 0.29) is 17.9 Å². The second-order valence-electron chi connectivity index (χ2n) is 4.20. The predicted molar refractivity (Wildman–Crippen MR) is 78.9 cm³/mol. The van der Waals surface area contributed by atoms with Crippen LogP contribution in [-0.2, 0) is 6.61 Å². The van der Waals surface area contributed by atoms with Gasteiger partial charge in [-0.3, -0.25) is 0 Å². The highest BCUT2D eigenvalue weighted by Gasteiger charge is 2.08. The summed E-state index contributed by atoms with van der Waals surface area (Å²) < 4.78 is 19.1. The van der Waals surface area contributed by atoms with Crippen molar-refractivity contribution >= 4 is 17.4 Å². The van der Waals surface area contributed by atoms with Crippen LogP contribution in [0.3, 0.4) is 0 Å². The third-order valence-electron chi connectivity index (χ3n) is 2.70. The van der Waals surface area contributed by atoms with Crippen LogP contribution in [0.1, 0.15) is 18.2 Å². The Hall–Kier alpha value is -2.32. The summed E-state index contributed by atoms with van der Waals surface area (Å²) in [4.78, 5) is 4.30. The number of hydrogen-bond donors (Lipinski definition) is 1. The molecule has 0 aliphatic carbocycles. The molecular weight excluding hydrogens is 293 g/mol. The minimum Gasteiger partial charge on any atom is -0.484 e. The second-order valence-corrected chi connectivity index (χ2v) is 4.61. The van der Waals surface area contributed by atoms with Gasteiger partial charge in [-0.05, 0) is 37.3 Å². The number of nitrogens with zero attached hydrogens (tertiary/aromatic N) is 2. The van der Waals surface area contributed by atoms with Gasteiger partial charge in [-0.1, -0.05) is 11.6 Å². The molecule has 0 aliphatic rings. The molecule has 0 fully saturated rings. The molecule has 0 aliphatic heterocycles. The Morgan fingerprint density at radius 2 is 2.19 bits per heavy atom. The Balaban J connectivity index is 2.13. The Morgan fingerprint density at radius 3 is 2.86 bits per heavy atom. The zero-order valence-corrected chi connectivity index (χ0v) is 12.1. The van der Waals surface area contributed by atoms with E-state index in [1.54, 1.807) is 12.1 Å². The van der Waals surface area contributed by atoms with Crippen molar-refractivity contribution in [2.75, 3.05) is 11.9 Å². The zero-order valence-electron chi connectivity index (χ0n) is 11.4. The standard InChI is InChI=1S/C15H13ClFN3O/c1-2-19-15-6-4-11(16)13(20-15)9-21-14-5-3-10(8-18)7-12(14)17/h3-7H,2,9H2,1H3,(H,19,20). The molecule has 0 unspecified atom stereocenters. The van der Waals surface area contributed by atoms with Gasteiger partial charge < -0.3 is 10.1 Å². The number of aromatic nitrogens is 1. The number of pyridine rings is 1. The Morgan fingerprint density at radius 1 is 1.38 bits per heavy atom. The summed E-state index contributed by atoms with van der Waals surface area (Å²) in [6, 6.07) is 9.36. The van der Waals surface area contributed by atoms with Crippen molar-refractivity contribution in [3.8, 4) is 11.8 Å². The summed E-state index contributed by atoms with van der Waals surface area (Å²) >= 11 is 6.04. The van der Waals surface area contributed by atoms with Crippen molar-refractivity contribution in [3.05, 3.63) is 52.4 Å². The molecule has 1 N–H and O–H groups in total. The lowest BCUT2D eigenvalue weighted by Crippen LogP contribution is -2.05. The molecule has 6 heteroatoms. The number of nitrogens with one attached hydrogen (secondary N) is 1. The largest absolute Gasteiger partial charge is 0.484 e. The number of anilines is 1. The third kappa shape index (κ3) is 3.83. The van der Waals surface area contributed by atoms with E-state index in [4.69, 9.17) is 21.6 Å². The molecule has 21 heavy (non-hydrogen) atoms. The topological polar surface area (TPSA) is 57.9 Å². The number of ether oxygens (including phenoxy) is 1. The highest BCUT2D eigenvalue weighted by molar-refractivity contribution is 6.31. The number of rotatable bonds is 5. The highest BCUT2D eigenvalue weighted by atomic mass is 35.5. The summed E-state index contributed by atoms with van der Waals surface area (Å²) in [5.41, 5.74) is 0.754. The van der Waals surface area contributed by atoms with Crippen LogP contribution in [0.5, 0.6) is 5.75 Å². The van der Waals surface area contributed by atoms with Crippen LogP contribution in [-0.4, -0.2) is 11.5 Å². The maximum Gasteiger partial charge on any atom is 0.166 e. The molecule has 108 valence electrons. The Kier molecular flexibility index (Phi) is 4.96. The van der Waals surface area contributed by atoms with Crippen LogP contribution in [0.2, 0.25) is 5.02 Å². The van der Waals surface area contributed by atoms with Crippen molar-refractivity contribution in [2.24, 2.45) is 0 Å². The molecule has 0 saturated carbocycles. The van der Waals surface area contributed by atoms with Gasteiger partial charge in [0, 0.05) is 6.54 Å². The molecule has 0 saturated heterocycles. The van der Waals surface area contributed by atoms with Gasteiger partial charge in [-0.15, -0.1) is 0 Å². The van der Waals surface area contributed by atoms with Gasteiger partial charge in [0.25, 0.3) is 0 Å². The maximum atomic E-state index is 13.7. The molecule has 1 heterocycles. The molecule has 0 radical (unpaired) electrons. The lowest BCUT2D eigenvalue weighted by molar-refractivity contribution is 0.286. The normalized spacial score (nSPS) is 10.0. The molecule has 0 atom stereocenters. The van der Waals surface area contributed by atoms with Crippen LogP contribution in [0.15, 0.2) is 30.3 Å². The van der Waals surface area contributed by atoms with Crippen molar-refractivity contribution in [1.82, 2.24) is 4.98 Å². The predicted octanol–water partition coefficient (Wildman–Crippen LogP) is 3.76. The average Bonchev–Trinajstić information content (AvgIpc) is 2.49. The molecule has 1 aromatic heterocycles. The number of nitriles is 1. The van der Waals surface area contributed by atoms with Gasteiger partial charge in [-0.25, -0.2) is 9.37 Å². The van der Waals surface area contributed by atoms with Crippen LogP contribution in [0, 0.1) is 17.1 Å². The van der Waals surface area contributed by atoms with Crippen molar-refractivity contribution in [2.45, 2.75) is 13.5 Å². The maximum absolute atomic E-state index is 13.7. The lowest BCUT2D eigenvalue weighted by Gasteiger charge is -2.10. The average molecular weight is 306 g/mol. The van der Waals surface area contributed by atoms with Gasteiger partial charge in [0.1, 0.15) is 12.4 Å². The van der Waals surface area contributed by atoms with Gasteiger partial charge in [0.15, 0.2) is 11.6 Å². The van der Waals surface area contributed by atoms with Gasteiger partial charge >= 0.3 is 0 Å². The summed E-state index contributed by atoms with van der Waals surface area (Å²) in [6.07, 6.45) is 0. The zero-order chi connectivity index (χ0) is 15.2. The summed E-state index contributed by atoms with van der Waals surface area (Å²) in [7, 11) is 0. The fourth-order valence-corrected chi connectivity index (χ4v) is 1.86. The number of hydrogen-bond acceptors (Lipinski definition) is 4. The van der Waals surface area contributed by atoms with Crippen molar-refractivity contribution in [3.63, 3.8) is 0 Å². The van der Waals surface area contributed by atoms with Crippen molar-refractivity contribution in [1.29, 1.82) is 5.26 Å². The summed E-state index contributed by atoms with van der Waals surface area (Å²) in [5, 5.41) is 12.2. The second kappa shape index (κ2) is 6.91. The van der Waals surface area contributed by atoms with Crippen LogP contribution >= 0.6 is 11.6 Å². The quantitative estimate of drug-likeness (QED) is 0.914. The fourth-order valence-electron chi connectivity index (χ4n) is 1.70. The third-order valence-corrected chi connectivity index (χ3v) is 3.05. The van der Waals surface area contributed by atoms with E-state index in [9.17, 15) is 4.39 Å². The molecule has 2 aromatic rings. The SMILES string of the molecule is CCNc1ccc(Cl)c(COc2ccc(C#N)cc2F)n1. The first-order valence-corrected chi connectivity index (χ1v) is 6.73. The minimum atomic E-state index is -0.590. The number of benzene rings is 1. The van der Waals surface area contributed by atoms with Crippen LogP contribution < -0.4 is 10.1 Å². The van der Waals surface area contributed by atoms with Gasteiger partial charge in [0.2, 0.25) is 0 Å². The Bertz CT molecular complexity index is 685. The van der Waals surface area contributed by atoms with E-state index in [1.807, 2.05) is 13.0 Å². The van der Waals surface area contributed by atoms with Crippen LogP contribution in [0.4, 0.5) is 10.2 Å². The summed E-state index contributed by atoms with van der Waals surface area (Å²) in [6.45, 7) is 2.73. The summed E-state index contributed by atoms with van der Waals surface area (Å²) in [5.74, 6) is 0.148. The van der Waals surface area contributed by atoms with Gasteiger partial charge in [-0.2, -0.15) is 5.26 Å².